The first-order valence-corrected chi connectivity index (χ1v) is 9.77. The van der Waals surface area contributed by atoms with Crippen molar-refractivity contribution < 1.29 is 4.52 Å². The van der Waals surface area contributed by atoms with Crippen molar-refractivity contribution in [1.82, 2.24) is 20.7 Å². The van der Waals surface area contributed by atoms with Crippen LogP contribution >= 0.6 is 0 Å². The minimum Gasteiger partial charge on any atom is -0.361 e. The quantitative estimate of drug-likeness (QED) is 0.585. The Morgan fingerprint density at radius 3 is 2.76 bits per heavy atom. The Balaban J connectivity index is 1.86. The maximum atomic E-state index is 5.43. The van der Waals surface area contributed by atoms with E-state index in [2.05, 4.69) is 53.4 Å². The molecule has 0 bridgehead atoms. The zero-order chi connectivity index (χ0) is 18.2. The fraction of sp³-hybridized carbons (Fsp3) is 0.789. The normalized spacial score (nSPS) is 20.5. The molecule has 0 spiro atoms. The molecule has 0 aromatic carbocycles. The molecular formula is C19H35N5O. The summed E-state index contributed by atoms with van der Waals surface area (Å²) in [5, 5.41) is 11.1. The van der Waals surface area contributed by atoms with Crippen molar-refractivity contribution >= 4 is 5.96 Å². The number of hydrogen-bond acceptors (Lipinski definition) is 4. The number of likely N-dealkylation sites (tertiary alicyclic amines) is 1. The Morgan fingerprint density at radius 1 is 1.32 bits per heavy atom. The Bertz CT molecular complexity index is 533. The molecule has 1 aromatic rings. The van der Waals surface area contributed by atoms with Crippen molar-refractivity contribution in [2.24, 2.45) is 4.99 Å². The number of guanidine groups is 1. The third-order valence-electron chi connectivity index (χ3n) is 5.25. The lowest BCUT2D eigenvalue weighted by Crippen LogP contribution is -2.50. The molecule has 2 atom stereocenters. The van der Waals surface area contributed by atoms with Gasteiger partial charge in [-0.3, -0.25) is 9.89 Å². The zero-order valence-corrected chi connectivity index (χ0v) is 16.6. The molecule has 0 saturated carbocycles. The van der Waals surface area contributed by atoms with Crippen molar-refractivity contribution in [3.8, 4) is 0 Å². The Morgan fingerprint density at radius 2 is 2.12 bits per heavy atom. The molecule has 0 aliphatic carbocycles. The first-order chi connectivity index (χ1) is 12.1. The highest BCUT2D eigenvalue weighted by Gasteiger charge is 2.23. The summed E-state index contributed by atoms with van der Waals surface area (Å²) in [5.74, 6) is 1.80. The second-order valence-corrected chi connectivity index (χ2v) is 6.98. The highest BCUT2D eigenvalue weighted by molar-refractivity contribution is 5.79. The molecule has 1 aromatic heterocycles. The summed E-state index contributed by atoms with van der Waals surface area (Å²) in [6.07, 6.45) is 5.73. The fourth-order valence-corrected chi connectivity index (χ4v) is 3.67. The number of hydrogen-bond donors (Lipinski definition) is 2. The zero-order valence-electron chi connectivity index (χ0n) is 16.6. The lowest BCUT2D eigenvalue weighted by atomic mass is 10.0. The van der Waals surface area contributed by atoms with Gasteiger partial charge in [0.1, 0.15) is 5.76 Å². The smallest absolute Gasteiger partial charge is 0.191 e. The van der Waals surface area contributed by atoms with Gasteiger partial charge >= 0.3 is 0 Å². The second-order valence-electron chi connectivity index (χ2n) is 6.98. The molecule has 2 heterocycles. The molecule has 0 amide bonds. The topological polar surface area (TPSA) is 65.7 Å². The molecule has 1 fully saturated rings. The van der Waals surface area contributed by atoms with Crippen LogP contribution in [0.3, 0.4) is 0 Å². The largest absolute Gasteiger partial charge is 0.361 e. The van der Waals surface area contributed by atoms with E-state index in [1.807, 2.05) is 7.05 Å². The van der Waals surface area contributed by atoms with Crippen molar-refractivity contribution in [1.29, 1.82) is 0 Å². The van der Waals surface area contributed by atoms with E-state index in [0.717, 1.165) is 36.8 Å². The molecule has 1 aliphatic rings. The van der Waals surface area contributed by atoms with E-state index in [9.17, 15) is 0 Å². The molecule has 6 nitrogen and oxygen atoms in total. The van der Waals surface area contributed by atoms with Crippen molar-refractivity contribution in [2.75, 3.05) is 20.1 Å². The maximum absolute atomic E-state index is 5.43. The van der Waals surface area contributed by atoms with Gasteiger partial charge in [0.15, 0.2) is 5.96 Å². The van der Waals surface area contributed by atoms with Crippen molar-refractivity contribution in [3.63, 3.8) is 0 Å². The Hall–Kier alpha value is -1.56. The van der Waals surface area contributed by atoms with Crippen molar-refractivity contribution in [3.05, 3.63) is 17.0 Å². The van der Waals surface area contributed by atoms with Gasteiger partial charge in [-0.15, -0.1) is 0 Å². The predicted molar refractivity (Wildman–Crippen MR) is 103 cm³/mol. The summed E-state index contributed by atoms with van der Waals surface area (Å²) in [5.41, 5.74) is 2.21. The van der Waals surface area contributed by atoms with Crippen LogP contribution in [0.2, 0.25) is 0 Å². The monoisotopic (exact) mass is 349 g/mol. The summed E-state index contributed by atoms with van der Waals surface area (Å²) in [6, 6.07) is 1.18. The van der Waals surface area contributed by atoms with Gasteiger partial charge in [0.25, 0.3) is 0 Å². The molecule has 25 heavy (non-hydrogen) atoms. The molecule has 6 heteroatoms. The van der Waals surface area contributed by atoms with Gasteiger partial charge in [0, 0.05) is 44.2 Å². The SMILES string of the molecule is CCc1noc(CC)c1CNC(=NC)NCC(C)N1CCCCC1C. The lowest BCUT2D eigenvalue weighted by Gasteiger charge is -2.38. The van der Waals surface area contributed by atoms with Gasteiger partial charge in [-0.05, 0) is 39.7 Å². The van der Waals surface area contributed by atoms with Crippen LogP contribution in [0.25, 0.3) is 0 Å². The van der Waals surface area contributed by atoms with E-state index in [0.29, 0.717) is 18.6 Å². The predicted octanol–water partition coefficient (Wildman–Crippen LogP) is 2.73. The molecule has 2 rings (SSSR count). The average Bonchev–Trinajstić information content (AvgIpc) is 3.04. The van der Waals surface area contributed by atoms with E-state index in [-0.39, 0.29) is 0 Å². The second kappa shape index (κ2) is 9.80. The van der Waals surface area contributed by atoms with Crippen LogP contribution in [0, 0.1) is 0 Å². The minimum absolute atomic E-state index is 0.502. The van der Waals surface area contributed by atoms with Crippen LogP contribution in [0.15, 0.2) is 9.52 Å². The lowest BCUT2D eigenvalue weighted by molar-refractivity contribution is 0.115. The van der Waals surface area contributed by atoms with Crippen LogP contribution in [0.1, 0.15) is 64.0 Å². The summed E-state index contributed by atoms with van der Waals surface area (Å²) in [6.45, 7) is 11.6. The van der Waals surface area contributed by atoms with E-state index >= 15 is 0 Å². The van der Waals surface area contributed by atoms with Crippen molar-refractivity contribution in [2.45, 2.75) is 78.4 Å². The fourth-order valence-electron chi connectivity index (χ4n) is 3.67. The van der Waals surface area contributed by atoms with E-state index in [1.54, 1.807) is 0 Å². The summed E-state index contributed by atoms with van der Waals surface area (Å²) >= 11 is 0. The average molecular weight is 350 g/mol. The number of nitrogens with one attached hydrogen (secondary N) is 2. The molecule has 2 unspecified atom stereocenters. The first kappa shape index (κ1) is 19.8. The van der Waals surface area contributed by atoms with E-state index in [1.165, 1.54) is 31.4 Å². The first-order valence-electron chi connectivity index (χ1n) is 9.77. The number of aryl methyl sites for hydroxylation is 2. The van der Waals surface area contributed by atoms with Crippen LogP contribution in [0.5, 0.6) is 0 Å². The van der Waals surface area contributed by atoms with Crippen LogP contribution in [-0.2, 0) is 19.4 Å². The number of aliphatic imine (C=N–C) groups is 1. The van der Waals surface area contributed by atoms with Gasteiger partial charge in [-0.25, -0.2) is 0 Å². The Kier molecular flexibility index (Phi) is 7.75. The molecular weight excluding hydrogens is 314 g/mol. The van der Waals surface area contributed by atoms with E-state index in [4.69, 9.17) is 4.52 Å². The molecule has 1 aliphatic heterocycles. The highest BCUT2D eigenvalue weighted by Crippen LogP contribution is 2.18. The van der Waals surface area contributed by atoms with Gasteiger partial charge in [0.2, 0.25) is 0 Å². The third kappa shape index (κ3) is 5.21. The number of rotatable bonds is 7. The molecule has 2 N–H and O–H groups in total. The van der Waals surface area contributed by atoms with Crippen LogP contribution in [-0.4, -0.2) is 48.2 Å². The van der Waals surface area contributed by atoms with Crippen LogP contribution < -0.4 is 10.6 Å². The van der Waals surface area contributed by atoms with Crippen LogP contribution in [0.4, 0.5) is 0 Å². The molecule has 142 valence electrons. The standard InChI is InChI=1S/C19H35N5O/c1-6-17-16(18(7-2)25-23-17)13-22-19(20-5)21-12-15(4)24-11-9-8-10-14(24)3/h14-15H,6-13H2,1-5H3,(H2,20,21,22). The molecule has 1 saturated heterocycles. The number of nitrogens with zero attached hydrogens (tertiary/aromatic N) is 3. The summed E-state index contributed by atoms with van der Waals surface area (Å²) in [7, 11) is 1.82. The minimum atomic E-state index is 0.502. The summed E-state index contributed by atoms with van der Waals surface area (Å²) < 4.78 is 5.43. The Labute approximate surface area is 152 Å². The number of aromatic nitrogens is 1. The van der Waals surface area contributed by atoms with Gasteiger partial charge < -0.3 is 15.2 Å². The maximum Gasteiger partial charge on any atom is 0.191 e. The summed E-state index contributed by atoms with van der Waals surface area (Å²) in [4.78, 5) is 6.96. The molecule has 0 radical (unpaired) electrons. The third-order valence-corrected chi connectivity index (χ3v) is 5.25. The van der Waals surface area contributed by atoms with Gasteiger partial charge in [-0.1, -0.05) is 25.4 Å². The highest BCUT2D eigenvalue weighted by atomic mass is 16.5. The number of piperidine rings is 1. The van der Waals surface area contributed by atoms with Gasteiger partial charge in [-0.2, -0.15) is 0 Å². The van der Waals surface area contributed by atoms with Gasteiger partial charge in [0.05, 0.1) is 5.69 Å². The van der Waals surface area contributed by atoms with E-state index < -0.39 is 0 Å².